The summed E-state index contributed by atoms with van der Waals surface area (Å²) in [4.78, 5) is 42.0. The van der Waals surface area contributed by atoms with Gasteiger partial charge >= 0.3 is 6.09 Å². The number of carbonyl (C=O) groups is 3. The summed E-state index contributed by atoms with van der Waals surface area (Å²) in [5, 5.41) is 0. The van der Waals surface area contributed by atoms with Crippen molar-refractivity contribution in [3.63, 3.8) is 0 Å². The zero-order valence-electron chi connectivity index (χ0n) is 19.1. The molecule has 1 atom stereocenters. The Balaban J connectivity index is 1.34. The second-order valence-electron chi connectivity index (χ2n) is 9.65. The number of carbonyl (C=O) groups excluding carboxylic acids is 3. The summed E-state index contributed by atoms with van der Waals surface area (Å²) in [5.41, 5.74) is 0.0192. The number of ketones is 1. The first-order valence-corrected chi connectivity index (χ1v) is 11.5. The number of fused-ring (bicyclic) bond motifs is 1. The van der Waals surface area contributed by atoms with Crippen molar-refractivity contribution in [1.29, 1.82) is 0 Å². The molecule has 2 fully saturated rings. The van der Waals surface area contributed by atoms with Gasteiger partial charge in [0.05, 0.1) is 0 Å². The smallest absolute Gasteiger partial charge is 0.410 e. The maximum absolute atomic E-state index is 13.1. The van der Waals surface area contributed by atoms with E-state index < -0.39 is 17.7 Å². The van der Waals surface area contributed by atoms with Gasteiger partial charge < -0.3 is 19.1 Å². The summed E-state index contributed by atoms with van der Waals surface area (Å²) < 4.78 is 16.6. The molecule has 8 nitrogen and oxygen atoms in total. The summed E-state index contributed by atoms with van der Waals surface area (Å²) in [6.07, 6.45) is 2.22. The number of rotatable bonds is 3. The van der Waals surface area contributed by atoms with E-state index in [0.29, 0.717) is 69.2 Å². The Bertz CT molecular complexity index is 885. The number of benzene rings is 1. The molecule has 0 aliphatic carbocycles. The maximum Gasteiger partial charge on any atom is 0.410 e. The molecule has 1 aromatic rings. The zero-order valence-corrected chi connectivity index (χ0v) is 19.1. The Kier molecular flexibility index (Phi) is 6.31. The average molecular weight is 445 g/mol. The number of ether oxygens (including phenoxy) is 3. The number of likely N-dealkylation sites (tertiary alicyclic amines) is 2. The fourth-order valence-corrected chi connectivity index (χ4v) is 4.57. The van der Waals surface area contributed by atoms with E-state index in [1.165, 1.54) is 0 Å². The normalized spacial score (nSPS) is 21.4. The van der Waals surface area contributed by atoms with Crippen molar-refractivity contribution in [3.8, 4) is 11.5 Å². The fraction of sp³-hybridized carbons (Fsp3) is 0.625. The largest absolute Gasteiger partial charge is 0.486 e. The summed E-state index contributed by atoms with van der Waals surface area (Å²) >= 11 is 0. The van der Waals surface area contributed by atoms with E-state index in [1.54, 1.807) is 28.0 Å². The fourth-order valence-electron chi connectivity index (χ4n) is 4.57. The van der Waals surface area contributed by atoms with Crippen LogP contribution in [-0.4, -0.2) is 72.1 Å². The van der Waals surface area contributed by atoms with Crippen LogP contribution < -0.4 is 9.47 Å². The van der Waals surface area contributed by atoms with Crippen LogP contribution in [0.5, 0.6) is 11.5 Å². The van der Waals surface area contributed by atoms with Crippen molar-refractivity contribution in [2.24, 2.45) is 5.92 Å². The molecule has 8 heteroatoms. The molecule has 3 aliphatic rings. The summed E-state index contributed by atoms with van der Waals surface area (Å²) in [7, 11) is 0. The number of piperidine rings is 1. The molecule has 0 aromatic heterocycles. The van der Waals surface area contributed by atoms with Crippen molar-refractivity contribution < 1.29 is 28.6 Å². The van der Waals surface area contributed by atoms with E-state index in [-0.39, 0.29) is 17.6 Å². The highest BCUT2D eigenvalue weighted by Crippen LogP contribution is 2.33. The molecule has 32 heavy (non-hydrogen) atoms. The van der Waals surface area contributed by atoms with Gasteiger partial charge in [0.1, 0.15) is 24.9 Å². The van der Waals surface area contributed by atoms with Crippen LogP contribution in [-0.2, 0) is 9.53 Å². The Morgan fingerprint density at radius 1 is 0.969 bits per heavy atom. The highest BCUT2D eigenvalue weighted by molar-refractivity contribution is 5.98. The van der Waals surface area contributed by atoms with Gasteiger partial charge in [-0.25, -0.2) is 4.79 Å². The Labute approximate surface area is 188 Å². The number of Topliss-reactive ketones (excluding diaryl/α,β-unsaturated/α-hetero) is 1. The predicted molar refractivity (Wildman–Crippen MR) is 117 cm³/mol. The monoisotopic (exact) mass is 444 g/mol. The van der Waals surface area contributed by atoms with E-state index in [2.05, 4.69) is 0 Å². The van der Waals surface area contributed by atoms with Gasteiger partial charge in [-0.1, -0.05) is 0 Å². The standard InChI is InChI=1S/C24H32N2O6/c1-24(2,3)32-23(29)26-10-4-5-18(26)22(28)25-11-8-16(9-12-25)21(27)17-6-7-19-20(15-17)31-14-13-30-19/h6-7,15-16,18H,4-5,8-14H2,1-3H3. The summed E-state index contributed by atoms with van der Waals surface area (Å²) in [5.74, 6) is 1.17. The van der Waals surface area contributed by atoms with Crippen LogP contribution in [0.4, 0.5) is 4.79 Å². The third-order valence-corrected chi connectivity index (χ3v) is 6.17. The third-order valence-electron chi connectivity index (χ3n) is 6.17. The summed E-state index contributed by atoms with van der Waals surface area (Å²) in [6, 6.07) is 4.84. The SMILES string of the molecule is CC(C)(C)OC(=O)N1CCCC1C(=O)N1CCC(C(=O)c2ccc3c(c2)OCCO3)CC1. The van der Waals surface area contributed by atoms with Crippen molar-refractivity contribution >= 4 is 17.8 Å². The van der Waals surface area contributed by atoms with Gasteiger partial charge in [0.2, 0.25) is 5.91 Å². The van der Waals surface area contributed by atoms with E-state index in [4.69, 9.17) is 14.2 Å². The minimum absolute atomic E-state index is 0.0430. The average Bonchev–Trinajstić information content (AvgIpc) is 3.27. The number of hydrogen-bond donors (Lipinski definition) is 0. The predicted octanol–water partition coefficient (Wildman–Crippen LogP) is 3.28. The van der Waals surface area contributed by atoms with E-state index in [1.807, 2.05) is 20.8 Å². The second-order valence-corrected chi connectivity index (χ2v) is 9.65. The molecule has 4 rings (SSSR count). The van der Waals surface area contributed by atoms with E-state index >= 15 is 0 Å². The van der Waals surface area contributed by atoms with Crippen molar-refractivity contribution in [1.82, 2.24) is 9.80 Å². The molecule has 3 aliphatic heterocycles. The molecule has 2 saturated heterocycles. The summed E-state index contributed by atoms with van der Waals surface area (Å²) in [6.45, 7) is 8.01. The van der Waals surface area contributed by atoms with Crippen LogP contribution in [0.15, 0.2) is 18.2 Å². The molecular weight excluding hydrogens is 412 g/mol. The highest BCUT2D eigenvalue weighted by Gasteiger charge is 2.40. The van der Waals surface area contributed by atoms with Crippen molar-refractivity contribution in [2.45, 2.75) is 58.1 Å². The van der Waals surface area contributed by atoms with Gasteiger partial charge in [-0.2, -0.15) is 0 Å². The van der Waals surface area contributed by atoms with Crippen LogP contribution >= 0.6 is 0 Å². The topological polar surface area (TPSA) is 85.4 Å². The number of amides is 2. The van der Waals surface area contributed by atoms with Crippen LogP contribution in [0.3, 0.4) is 0 Å². The number of hydrogen-bond acceptors (Lipinski definition) is 6. The van der Waals surface area contributed by atoms with Gasteiger partial charge in [-0.15, -0.1) is 0 Å². The van der Waals surface area contributed by atoms with Crippen LogP contribution in [0, 0.1) is 5.92 Å². The lowest BCUT2D eigenvalue weighted by atomic mass is 9.88. The first-order valence-electron chi connectivity index (χ1n) is 11.5. The van der Waals surface area contributed by atoms with Crippen LogP contribution in [0.25, 0.3) is 0 Å². The second kappa shape index (κ2) is 9.00. The first kappa shape index (κ1) is 22.4. The quantitative estimate of drug-likeness (QED) is 0.665. The molecule has 3 heterocycles. The van der Waals surface area contributed by atoms with E-state index in [0.717, 1.165) is 6.42 Å². The zero-order chi connectivity index (χ0) is 22.9. The Morgan fingerprint density at radius 3 is 2.34 bits per heavy atom. The Hall–Kier alpha value is -2.77. The lowest BCUT2D eigenvalue weighted by molar-refractivity contribution is -0.137. The van der Waals surface area contributed by atoms with Gasteiger partial charge in [0, 0.05) is 31.1 Å². The minimum Gasteiger partial charge on any atom is -0.486 e. The lowest BCUT2D eigenvalue weighted by Gasteiger charge is -2.35. The molecule has 0 bridgehead atoms. The van der Waals surface area contributed by atoms with Crippen LogP contribution in [0.1, 0.15) is 56.8 Å². The van der Waals surface area contributed by atoms with Gasteiger partial charge in [0.25, 0.3) is 0 Å². The van der Waals surface area contributed by atoms with Crippen molar-refractivity contribution in [3.05, 3.63) is 23.8 Å². The molecular formula is C24H32N2O6. The molecule has 2 amide bonds. The molecule has 0 N–H and O–H groups in total. The minimum atomic E-state index is -0.597. The van der Waals surface area contributed by atoms with Gasteiger partial charge in [-0.05, 0) is 64.7 Å². The Morgan fingerprint density at radius 2 is 1.66 bits per heavy atom. The molecule has 1 unspecified atom stereocenters. The molecule has 174 valence electrons. The number of nitrogens with zero attached hydrogens (tertiary/aromatic N) is 2. The third kappa shape index (κ3) is 4.84. The molecule has 1 aromatic carbocycles. The van der Waals surface area contributed by atoms with Crippen molar-refractivity contribution in [2.75, 3.05) is 32.8 Å². The van der Waals surface area contributed by atoms with E-state index in [9.17, 15) is 14.4 Å². The molecule has 0 saturated carbocycles. The lowest BCUT2D eigenvalue weighted by Crippen LogP contribution is -2.51. The highest BCUT2D eigenvalue weighted by atomic mass is 16.6. The molecule has 0 radical (unpaired) electrons. The first-order chi connectivity index (χ1) is 15.2. The molecule has 0 spiro atoms. The van der Waals surface area contributed by atoms with Gasteiger partial charge in [0.15, 0.2) is 17.3 Å². The maximum atomic E-state index is 13.1. The van der Waals surface area contributed by atoms with Gasteiger partial charge in [-0.3, -0.25) is 14.5 Å². The van der Waals surface area contributed by atoms with Crippen LogP contribution in [0.2, 0.25) is 0 Å².